The van der Waals surface area contributed by atoms with Crippen LogP contribution in [0, 0.1) is 0 Å². The van der Waals surface area contributed by atoms with Crippen molar-refractivity contribution in [1.82, 2.24) is 24.5 Å². The molecule has 0 amide bonds. The summed E-state index contributed by atoms with van der Waals surface area (Å²) in [5.74, 6) is 0.669. The molecule has 0 radical (unpaired) electrons. The van der Waals surface area contributed by atoms with E-state index in [0.29, 0.717) is 5.95 Å². The van der Waals surface area contributed by atoms with Crippen LogP contribution in [0.4, 0.5) is 0 Å². The maximum atomic E-state index is 6.11. The molecule has 1 aliphatic rings. The van der Waals surface area contributed by atoms with Crippen molar-refractivity contribution in [1.29, 1.82) is 0 Å². The Labute approximate surface area is 593 Å². The van der Waals surface area contributed by atoms with Gasteiger partial charge in [-0.2, -0.15) is 0 Å². The van der Waals surface area contributed by atoms with Gasteiger partial charge in [0.1, 0.15) is 0 Å². The van der Waals surface area contributed by atoms with Crippen LogP contribution in [-0.2, 0) is 6.42 Å². The summed E-state index contributed by atoms with van der Waals surface area (Å²) in [5, 5.41) is 20.7. The number of hydrogen-bond acceptors (Lipinski definition) is 6. The van der Waals surface area contributed by atoms with Crippen LogP contribution in [0.25, 0.3) is 189 Å². The van der Waals surface area contributed by atoms with Crippen LogP contribution < -0.4 is 0 Å². The molecule has 0 atom stereocenters. The van der Waals surface area contributed by atoms with Gasteiger partial charge in [-0.05, 0) is 143 Å². The largest absolute Gasteiger partial charge is 0.278 e. The molecule has 0 unspecified atom stereocenters. The minimum Gasteiger partial charge on any atom is -0.278 e. The van der Waals surface area contributed by atoms with Crippen LogP contribution >= 0.6 is 34.3 Å². The summed E-state index contributed by atoms with van der Waals surface area (Å²) in [4.78, 5) is 19.5. The molecule has 0 saturated carbocycles. The Morgan fingerprint density at radius 1 is 0.287 bits per heavy atom. The van der Waals surface area contributed by atoms with Gasteiger partial charge in [0, 0.05) is 83.8 Å². The van der Waals surface area contributed by atoms with Crippen molar-refractivity contribution >= 4 is 161 Å². The Kier molecular flexibility index (Phi) is 14.0. The SMILES string of the molecule is Clc1nc(-c2ccccc2)c2cc(-c3ccccc3)ccc2n1.c1ccc(-c2ccc3nc(-n4c5ccccc5c5c6ccc7ccc8c9ccccc9sc8c7c6ccc54)nc(-c4ccccc4)c3c2)cc1.c1ccc2c(c1)Cc1ccc3c(ccc4ccc5c6ccccc6sc5c43)c1-2. The second-order valence-corrected chi connectivity index (χ2v) is 28.4. The van der Waals surface area contributed by atoms with E-state index in [1.807, 2.05) is 77.3 Å². The maximum Gasteiger partial charge on any atom is 0.235 e. The lowest BCUT2D eigenvalue weighted by atomic mass is 9.93. The van der Waals surface area contributed by atoms with Crippen molar-refractivity contribution in [3.05, 3.63) is 344 Å². The monoisotopic (exact) mass is 1340 g/mol. The Bertz CT molecular complexity index is 6930. The third-order valence-corrected chi connectivity index (χ3v) is 22.9. The zero-order valence-corrected chi connectivity index (χ0v) is 56.7. The molecule has 472 valence electrons. The normalized spacial score (nSPS) is 12.0. The van der Waals surface area contributed by atoms with Crippen LogP contribution in [0.15, 0.2) is 328 Å². The van der Waals surface area contributed by atoms with E-state index in [-0.39, 0.29) is 5.28 Å². The Balaban J connectivity index is 0.000000113. The summed E-state index contributed by atoms with van der Waals surface area (Å²) in [6, 6.07) is 117. The molecule has 5 heterocycles. The number of halogens is 1. The molecular formula is C93H56ClN5S2. The number of aromatic nitrogens is 5. The van der Waals surface area contributed by atoms with Gasteiger partial charge in [-0.1, -0.05) is 279 Å². The van der Waals surface area contributed by atoms with E-state index in [1.165, 1.54) is 128 Å². The summed E-state index contributed by atoms with van der Waals surface area (Å²) in [5.41, 5.74) is 18.2. The van der Waals surface area contributed by atoms with Gasteiger partial charge in [-0.25, -0.2) is 19.9 Å². The molecule has 8 heteroatoms. The predicted molar refractivity (Wildman–Crippen MR) is 431 cm³/mol. The summed E-state index contributed by atoms with van der Waals surface area (Å²) in [6.45, 7) is 0. The van der Waals surface area contributed by atoms with Crippen molar-refractivity contribution in [2.24, 2.45) is 0 Å². The number of rotatable bonds is 5. The number of thiophene rings is 2. The number of hydrogen-bond donors (Lipinski definition) is 0. The van der Waals surface area contributed by atoms with E-state index in [2.05, 4.69) is 288 Å². The molecule has 5 nitrogen and oxygen atoms in total. The maximum absolute atomic E-state index is 6.11. The molecule has 101 heavy (non-hydrogen) atoms. The van der Waals surface area contributed by atoms with Crippen LogP contribution in [0.2, 0.25) is 5.28 Å². The summed E-state index contributed by atoms with van der Waals surface area (Å²) >= 11 is 9.93. The molecule has 0 fully saturated rings. The first kappa shape index (κ1) is 58.9. The van der Waals surface area contributed by atoms with Gasteiger partial charge < -0.3 is 0 Å². The minimum absolute atomic E-state index is 0.267. The first-order chi connectivity index (χ1) is 50.0. The average molecular weight is 1340 g/mol. The molecule has 0 N–H and O–H groups in total. The molecule has 0 spiro atoms. The Hall–Kier alpha value is -12.2. The summed E-state index contributed by atoms with van der Waals surface area (Å²) in [7, 11) is 0. The van der Waals surface area contributed by atoms with Gasteiger partial charge in [0.25, 0.3) is 0 Å². The van der Waals surface area contributed by atoms with Crippen molar-refractivity contribution in [3.8, 4) is 61.8 Å². The highest BCUT2D eigenvalue weighted by atomic mass is 35.5. The quantitative estimate of drug-likeness (QED) is 0.127. The number of para-hydroxylation sites is 1. The van der Waals surface area contributed by atoms with Crippen molar-refractivity contribution < 1.29 is 0 Å². The number of nitrogens with zero attached hydrogens (tertiary/aromatic N) is 5. The highest BCUT2D eigenvalue weighted by Crippen LogP contribution is 2.48. The first-order valence-electron chi connectivity index (χ1n) is 34.1. The molecule has 0 aliphatic heterocycles. The van der Waals surface area contributed by atoms with Gasteiger partial charge in [-0.3, -0.25) is 4.57 Å². The molecular weight excluding hydrogens is 1290 g/mol. The lowest BCUT2D eigenvalue weighted by Gasteiger charge is -2.13. The molecule has 16 aromatic carbocycles. The topological polar surface area (TPSA) is 56.5 Å². The fourth-order valence-electron chi connectivity index (χ4n) is 15.7. The molecule has 21 aromatic rings. The van der Waals surface area contributed by atoms with Crippen LogP contribution in [-0.4, -0.2) is 24.5 Å². The lowest BCUT2D eigenvalue weighted by molar-refractivity contribution is 1.01. The first-order valence-corrected chi connectivity index (χ1v) is 36.1. The van der Waals surface area contributed by atoms with Crippen molar-refractivity contribution in [3.63, 3.8) is 0 Å². The molecule has 0 bridgehead atoms. The van der Waals surface area contributed by atoms with E-state index in [1.54, 1.807) is 0 Å². The smallest absolute Gasteiger partial charge is 0.235 e. The predicted octanol–water partition coefficient (Wildman–Crippen LogP) is 26.3. The minimum atomic E-state index is 0.267. The van der Waals surface area contributed by atoms with Crippen LogP contribution in [0.1, 0.15) is 11.1 Å². The molecule has 5 aromatic heterocycles. The molecule has 1 aliphatic carbocycles. The van der Waals surface area contributed by atoms with Crippen molar-refractivity contribution in [2.45, 2.75) is 6.42 Å². The van der Waals surface area contributed by atoms with Crippen LogP contribution in [0.3, 0.4) is 0 Å². The van der Waals surface area contributed by atoms with Crippen molar-refractivity contribution in [2.75, 3.05) is 0 Å². The highest BCUT2D eigenvalue weighted by molar-refractivity contribution is 7.27. The number of fused-ring (bicyclic) bond motifs is 24. The fourth-order valence-corrected chi connectivity index (χ4v) is 18.4. The van der Waals surface area contributed by atoms with Gasteiger partial charge in [0.2, 0.25) is 11.2 Å². The lowest BCUT2D eigenvalue weighted by Crippen LogP contribution is -2.03. The Morgan fingerprint density at radius 2 is 0.743 bits per heavy atom. The van der Waals surface area contributed by atoms with Crippen LogP contribution in [0.5, 0.6) is 0 Å². The van der Waals surface area contributed by atoms with E-state index in [0.717, 1.165) is 72.9 Å². The third-order valence-electron chi connectivity index (χ3n) is 20.3. The number of benzene rings is 16. The van der Waals surface area contributed by atoms with E-state index in [9.17, 15) is 0 Å². The zero-order chi connectivity index (χ0) is 66.7. The third kappa shape index (κ3) is 9.87. The summed E-state index contributed by atoms with van der Waals surface area (Å²) in [6.07, 6.45) is 1.05. The zero-order valence-electron chi connectivity index (χ0n) is 54.3. The summed E-state index contributed by atoms with van der Waals surface area (Å²) < 4.78 is 7.70. The Morgan fingerprint density at radius 3 is 1.35 bits per heavy atom. The van der Waals surface area contributed by atoms with Gasteiger partial charge in [-0.15, -0.1) is 22.7 Å². The van der Waals surface area contributed by atoms with Gasteiger partial charge in [0.05, 0.1) is 33.5 Å². The van der Waals surface area contributed by atoms with E-state index < -0.39 is 0 Å². The second kappa shape index (κ2) is 24.0. The standard InChI is InChI=1S/C46H27N3S.C27H16S.C20H13ClN2/c1-3-11-28(12-4-1)31-21-25-38-37(27-31)44(30-13-5-2-6-14-30)48-46(47-38)49-39-17-9-7-16-36(39)43-34-22-19-29-20-23-35-32-15-8-10-18-41(32)50-45(35)42(29)33(34)24-26-40(43)49;1-2-6-19-17(5-1)15-18-11-13-22-21(25(18)19)12-9-16-10-14-23-20-7-3-4-8-24(20)28-27(23)26(16)22;21-20-22-18-12-11-16(14-7-3-1-4-8-14)13-17(18)19(23-20)15-9-5-2-6-10-15/h1-27H;1-14H,15H2;1-13H. The van der Waals surface area contributed by atoms with Gasteiger partial charge >= 0.3 is 0 Å². The van der Waals surface area contributed by atoms with E-state index in [4.69, 9.17) is 21.6 Å². The molecule has 22 rings (SSSR count). The van der Waals surface area contributed by atoms with E-state index >= 15 is 0 Å². The highest BCUT2D eigenvalue weighted by Gasteiger charge is 2.24. The fraction of sp³-hybridized carbons (Fsp3) is 0.0108. The van der Waals surface area contributed by atoms with Gasteiger partial charge in [0.15, 0.2) is 0 Å². The second-order valence-electron chi connectivity index (χ2n) is 26.0. The average Bonchev–Trinajstić information content (AvgIpc) is 1.58. The molecule has 0 saturated heterocycles.